The van der Waals surface area contributed by atoms with Crippen molar-refractivity contribution in [2.75, 3.05) is 6.54 Å². The largest absolute Gasteiger partial charge is 0.349 e. The molecule has 4 heteroatoms. The van der Waals surface area contributed by atoms with Crippen molar-refractivity contribution in [2.45, 2.75) is 38.6 Å². The maximum Gasteiger partial charge on any atom is 0.223 e. The molecule has 1 aliphatic carbocycles. The molecule has 1 fully saturated rings. The average Bonchev–Trinajstić information content (AvgIpc) is 2.92. The molecule has 0 spiro atoms. The molecule has 1 amide bonds. The molecular formula is C14H22N2OS. The fourth-order valence-corrected chi connectivity index (χ4v) is 3.33. The Morgan fingerprint density at radius 2 is 2.22 bits per heavy atom. The fraction of sp³-hybridized carbons (Fsp3) is 0.643. The molecule has 0 radical (unpaired) electrons. The number of hydrogen-bond acceptors (Lipinski definition) is 3. The van der Waals surface area contributed by atoms with Gasteiger partial charge in [0.15, 0.2) is 0 Å². The van der Waals surface area contributed by atoms with E-state index in [1.807, 2.05) is 11.4 Å². The van der Waals surface area contributed by atoms with E-state index in [9.17, 15) is 4.79 Å². The molecule has 1 aliphatic rings. The van der Waals surface area contributed by atoms with Gasteiger partial charge in [-0.25, -0.2) is 0 Å². The van der Waals surface area contributed by atoms with Gasteiger partial charge in [-0.15, -0.1) is 11.3 Å². The average molecular weight is 266 g/mol. The van der Waals surface area contributed by atoms with Gasteiger partial charge in [0.1, 0.15) is 0 Å². The third-order valence-corrected chi connectivity index (χ3v) is 4.93. The van der Waals surface area contributed by atoms with Crippen LogP contribution in [0.5, 0.6) is 0 Å². The van der Waals surface area contributed by atoms with Gasteiger partial charge in [0.05, 0.1) is 6.04 Å². The number of thiophene rings is 1. The van der Waals surface area contributed by atoms with Gasteiger partial charge in [-0.3, -0.25) is 4.79 Å². The van der Waals surface area contributed by atoms with Crippen molar-refractivity contribution in [3.05, 3.63) is 22.4 Å². The van der Waals surface area contributed by atoms with Gasteiger partial charge in [0.2, 0.25) is 5.91 Å². The lowest BCUT2D eigenvalue weighted by Crippen LogP contribution is -2.35. The van der Waals surface area contributed by atoms with Gasteiger partial charge in [0, 0.05) is 10.8 Å². The van der Waals surface area contributed by atoms with Gasteiger partial charge in [0.25, 0.3) is 0 Å². The second kappa shape index (κ2) is 6.34. The summed E-state index contributed by atoms with van der Waals surface area (Å²) in [5.74, 6) is 1.03. The molecule has 0 unspecified atom stereocenters. The monoisotopic (exact) mass is 266 g/mol. The van der Waals surface area contributed by atoms with Crippen molar-refractivity contribution >= 4 is 17.2 Å². The van der Waals surface area contributed by atoms with E-state index in [4.69, 9.17) is 5.73 Å². The molecule has 1 saturated carbocycles. The summed E-state index contributed by atoms with van der Waals surface area (Å²) in [7, 11) is 0. The van der Waals surface area contributed by atoms with Gasteiger partial charge in [-0.05, 0) is 56.5 Å². The van der Waals surface area contributed by atoms with Gasteiger partial charge in [-0.1, -0.05) is 6.07 Å². The Kier molecular flexibility index (Phi) is 4.78. The highest BCUT2D eigenvalue weighted by Gasteiger charge is 2.26. The van der Waals surface area contributed by atoms with E-state index >= 15 is 0 Å². The van der Waals surface area contributed by atoms with Crippen LogP contribution in [0.1, 0.15) is 43.5 Å². The van der Waals surface area contributed by atoms with E-state index in [0.717, 1.165) is 32.2 Å². The topological polar surface area (TPSA) is 55.1 Å². The predicted molar refractivity (Wildman–Crippen MR) is 75.4 cm³/mol. The molecule has 3 nitrogen and oxygen atoms in total. The minimum atomic E-state index is 0.129. The van der Waals surface area contributed by atoms with E-state index in [0.29, 0.717) is 5.92 Å². The molecule has 0 bridgehead atoms. The number of hydrogen-bond donors (Lipinski definition) is 2. The maximum absolute atomic E-state index is 12.2. The SMILES string of the molecule is C[C@H](NC(=O)C1CCC(CN)CC1)c1cccs1. The van der Waals surface area contributed by atoms with Gasteiger partial charge >= 0.3 is 0 Å². The summed E-state index contributed by atoms with van der Waals surface area (Å²) in [4.78, 5) is 13.4. The number of nitrogens with one attached hydrogen (secondary N) is 1. The molecule has 1 heterocycles. The van der Waals surface area contributed by atoms with E-state index in [2.05, 4.69) is 18.3 Å². The van der Waals surface area contributed by atoms with Crippen LogP contribution in [0.25, 0.3) is 0 Å². The summed E-state index contributed by atoms with van der Waals surface area (Å²) in [6.07, 6.45) is 4.18. The lowest BCUT2D eigenvalue weighted by Gasteiger charge is -2.27. The van der Waals surface area contributed by atoms with Crippen LogP contribution in [0.4, 0.5) is 0 Å². The summed E-state index contributed by atoms with van der Waals surface area (Å²) in [5, 5.41) is 5.17. The van der Waals surface area contributed by atoms with Gasteiger partial charge < -0.3 is 11.1 Å². The van der Waals surface area contributed by atoms with E-state index in [1.54, 1.807) is 11.3 Å². The first kappa shape index (κ1) is 13.6. The molecule has 0 saturated heterocycles. The fourth-order valence-electron chi connectivity index (χ4n) is 2.60. The molecule has 1 aromatic rings. The zero-order chi connectivity index (χ0) is 13.0. The Balaban J connectivity index is 1.82. The first-order valence-electron chi connectivity index (χ1n) is 6.74. The summed E-state index contributed by atoms with van der Waals surface area (Å²) in [5.41, 5.74) is 5.67. The van der Waals surface area contributed by atoms with Crippen LogP contribution in [-0.4, -0.2) is 12.5 Å². The third kappa shape index (κ3) is 3.33. The van der Waals surface area contributed by atoms with Crippen molar-refractivity contribution in [3.63, 3.8) is 0 Å². The standard InChI is InChI=1S/C14H22N2OS/c1-10(13-3-2-8-18-13)16-14(17)12-6-4-11(9-15)5-7-12/h2-3,8,10-12H,4-7,9,15H2,1H3,(H,16,17)/t10-,11?,12?/m0/s1. The van der Waals surface area contributed by atoms with Crippen LogP contribution < -0.4 is 11.1 Å². The Morgan fingerprint density at radius 1 is 1.50 bits per heavy atom. The maximum atomic E-state index is 12.2. The normalized spacial score (nSPS) is 25.7. The van der Waals surface area contributed by atoms with Crippen molar-refractivity contribution in [1.29, 1.82) is 0 Å². The minimum absolute atomic E-state index is 0.129. The molecule has 1 atom stereocenters. The highest BCUT2D eigenvalue weighted by Crippen LogP contribution is 2.29. The Labute approximate surface area is 113 Å². The van der Waals surface area contributed by atoms with Crippen LogP contribution >= 0.6 is 11.3 Å². The predicted octanol–water partition coefficient (Wildman–Crippen LogP) is 2.69. The van der Waals surface area contributed by atoms with Crippen LogP contribution in [0.2, 0.25) is 0 Å². The first-order valence-corrected chi connectivity index (χ1v) is 7.62. The lowest BCUT2D eigenvalue weighted by molar-refractivity contribution is -0.126. The molecule has 0 aromatic carbocycles. The Morgan fingerprint density at radius 3 is 2.78 bits per heavy atom. The number of carbonyl (C=O) groups is 1. The van der Waals surface area contributed by atoms with E-state index < -0.39 is 0 Å². The van der Waals surface area contributed by atoms with Crippen LogP contribution in [0, 0.1) is 11.8 Å². The summed E-state index contributed by atoms with van der Waals surface area (Å²) >= 11 is 1.69. The van der Waals surface area contributed by atoms with Crippen molar-refractivity contribution in [2.24, 2.45) is 17.6 Å². The van der Waals surface area contributed by atoms with Crippen LogP contribution in [-0.2, 0) is 4.79 Å². The Hall–Kier alpha value is -0.870. The number of nitrogens with two attached hydrogens (primary N) is 1. The zero-order valence-electron chi connectivity index (χ0n) is 10.9. The smallest absolute Gasteiger partial charge is 0.223 e. The molecular weight excluding hydrogens is 244 g/mol. The number of rotatable bonds is 4. The van der Waals surface area contributed by atoms with Crippen LogP contribution in [0.15, 0.2) is 17.5 Å². The third-order valence-electron chi connectivity index (χ3n) is 3.88. The molecule has 100 valence electrons. The molecule has 2 rings (SSSR count). The molecule has 0 aliphatic heterocycles. The second-order valence-corrected chi connectivity index (χ2v) is 6.18. The zero-order valence-corrected chi connectivity index (χ0v) is 11.7. The molecule has 3 N–H and O–H groups in total. The minimum Gasteiger partial charge on any atom is -0.349 e. The first-order chi connectivity index (χ1) is 8.70. The molecule has 1 aromatic heterocycles. The van der Waals surface area contributed by atoms with Crippen molar-refractivity contribution in [1.82, 2.24) is 5.32 Å². The summed E-state index contributed by atoms with van der Waals surface area (Å²) in [6.45, 7) is 2.81. The van der Waals surface area contributed by atoms with Crippen LogP contribution in [0.3, 0.4) is 0 Å². The summed E-state index contributed by atoms with van der Waals surface area (Å²) < 4.78 is 0. The van der Waals surface area contributed by atoms with Crippen molar-refractivity contribution in [3.8, 4) is 0 Å². The summed E-state index contributed by atoms with van der Waals surface area (Å²) in [6, 6.07) is 4.22. The van der Waals surface area contributed by atoms with E-state index in [-0.39, 0.29) is 17.9 Å². The number of amides is 1. The Bertz CT molecular complexity index is 369. The number of carbonyl (C=O) groups excluding carboxylic acids is 1. The lowest BCUT2D eigenvalue weighted by atomic mass is 9.81. The second-order valence-electron chi connectivity index (χ2n) is 5.20. The quantitative estimate of drug-likeness (QED) is 0.880. The van der Waals surface area contributed by atoms with E-state index in [1.165, 1.54) is 4.88 Å². The highest BCUT2D eigenvalue weighted by atomic mass is 32.1. The van der Waals surface area contributed by atoms with Gasteiger partial charge in [-0.2, -0.15) is 0 Å². The van der Waals surface area contributed by atoms with Crippen molar-refractivity contribution < 1.29 is 4.79 Å². The highest BCUT2D eigenvalue weighted by molar-refractivity contribution is 7.10. The molecule has 18 heavy (non-hydrogen) atoms.